The molecule has 4 aromatic rings. The molecule has 4 rings (SSSR count). The molecule has 0 aliphatic carbocycles. The number of anilines is 2. The van der Waals surface area contributed by atoms with Gasteiger partial charge in [-0.25, -0.2) is 9.78 Å². The quantitative estimate of drug-likeness (QED) is 0.410. The summed E-state index contributed by atoms with van der Waals surface area (Å²) in [6.45, 7) is 5.99. The molecule has 2 N–H and O–H groups in total. The highest BCUT2D eigenvalue weighted by Gasteiger charge is 2.14. The number of nitrogens with zero attached hydrogens (tertiary/aromatic N) is 1. The first-order valence-electron chi connectivity index (χ1n) is 9.73. The van der Waals surface area contributed by atoms with E-state index in [0.29, 0.717) is 22.0 Å². The normalized spacial score (nSPS) is 10.7. The number of aromatic nitrogens is 1. The highest BCUT2D eigenvalue weighted by atomic mass is 32.1. The van der Waals surface area contributed by atoms with E-state index in [9.17, 15) is 9.59 Å². The lowest BCUT2D eigenvalue weighted by molar-refractivity contribution is 0.102. The van der Waals surface area contributed by atoms with Crippen molar-refractivity contribution in [2.75, 3.05) is 10.6 Å². The molecule has 3 aromatic carbocycles. The number of carbonyl (C=O) groups excluding carboxylic acids is 2. The van der Waals surface area contributed by atoms with Crippen molar-refractivity contribution in [1.29, 1.82) is 0 Å². The zero-order valence-electron chi connectivity index (χ0n) is 17.4. The van der Waals surface area contributed by atoms with Gasteiger partial charge in [-0.15, -0.1) is 0 Å². The molecule has 1 heterocycles. The van der Waals surface area contributed by atoms with Crippen molar-refractivity contribution < 1.29 is 14.3 Å². The number of carbonyl (C=O) groups is 2. The van der Waals surface area contributed by atoms with Gasteiger partial charge in [0.2, 0.25) is 0 Å². The summed E-state index contributed by atoms with van der Waals surface area (Å²) in [6, 6.07) is 18.1. The molecular weight excluding hydrogens is 410 g/mol. The molecule has 0 radical (unpaired) electrons. The van der Waals surface area contributed by atoms with Crippen LogP contribution in [0.15, 0.2) is 60.7 Å². The summed E-state index contributed by atoms with van der Waals surface area (Å²) in [7, 11) is 0. The molecular formula is C24H21N3O3S. The summed E-state index contributed by atoms with van der Waals surface area (Å²) >= 11 is 1.28. The first-order chi connectivity index (χ1) is 14.9. The average molecular weight is 432 g/mol. The Morgan fingerprint density at radius 2 is 1.61 bits per heavy atom. The van der Waals surface area contributed by atoms with Crippen molar-refractivity contribution in [2.24, 2.45) is 0 Å². The monoisotopic (exact) mass is 431 g/mol. The Kier molecular flexibility index (Phi) is 5.68. The fraction of sp³-hybridized carbons (Fsp3) is 0.125. The van der Waals surface area contributed by atoms with Gasteiger partial charge in [-0.1, -0.05) is 47.2 Å². The van der Waals surface area contributed by atoms with Crippen molar-refractivity contribution in [3.05, 3.63) is 82.9 Å². The van der Waals surface area contributed by atoms with Gasteiger partial charge in [0, 0.05) is 11.3 Å². The molecule has 0 saturated carbocycles. The smallest absolute Gasteiger partial charge is 0.410 e. The number of aryl methyl sites for hydroxylation is 3. The van der Waals surface area contributed by atoms with Crippen LogP contribution in [0.2, 0.25) is 0 Å². The third kappa shape index (κ3) is 4.73. The third-order valence-corrected chi connectivity index (χ3v) is 5.66. The summed E-state index contributed by atoms with van der Waals surface area (Å²) in [5.41, 5.74) is 5.24. The molecule has 0 aliphatic heterocycles. The van der Waals surface area contributed by atoms with Gasteiger partial charge in [-0.2, -0.15) is 0 Å². The minimum Gasteiger partial charge on any atom is -0.410 e. The Balaban J connectivity index is 1.50. The fourth-order valence-electron chi connectivity index (χ4n) is 3.39. The first-order valence-corrected chi connectivity index (χ1v) is 10.5. The zero-order chi connectivity index (χ0) is 22.0. The van der Waals surface area contributed by atoms with E-state index >= 15 is 0 Å². The van der Waals surface area contributed by atoms with Crippen LogP contribution in [0.1, 0.15) is 27.0 Å². The van der Waals surface area contributed by atoms with Gasteiger partial charge in [0.15, 0.2) is 5.13 Å². The molecule has 6 nitrogen and oxygen atoms in total. The van der Waals surface area contributed by atoms with Gasteiger partial charge in [0.1, 0.15) is 5.75 Å². The highest BCUT2D eigenvalue weighted by Crippen LogP contribution is 2.28. The Morgan fingerprint density at radius 1 is 0.903 bits per heavy atom. The van der Waals surface area contributed by atoms with E-state index in [0.717, 1.165) is 27.1 Å². The lowest BCUT2D eigenvalue weighted by atomic mass is 10.0. The highest BCUT2D eigenvalue weighted by molar-refractivity contribution is 7.22. The van der Waals surface area contributed by atoms with Crippen LogP contribution in [0, 0.1) is 20.8 Å². The van der Waals surface area contributed by atoms with Crippen LogP contribution >= 0.6 is 11.3 Å². The van der Waals surface area contributed by atoms with Crippen molar-refractivity contribution in [3.63, 3.8) is 0 Å². The number of para-hydroxylation sites is 1. The van der Waals surface area contributed by atoms with Crippen LogP contribution in [-0.2, 0) is 0 Å². The van der Waals surface area contributed by atoms with Gasteiger partial charge in [0.25, 0.3) is 5.91 Å². The number of benzene rings is 3. The van der Waals surface area contributed by atoms with Gasteiger partial charge in [-0.3, -0.25) is 10.1 Å². The number of amides is 2. The lowest BCUT2D eigenvalue weighted by Gasteiger charge is -2.12. The molecule has 31 heavy (non-hydrogen) atoms. The van der Waals surface area contributed by atoms with Crippen molar-refractivity contribution in [2.45, 2.75) is 20.8 Å². The second kappa shape index (κ2) is 8.57. The number of hydrogen-bond acceptors (Lipinski definition) is 5. The van der Waals surface area contributed by atoms with Crippen LogP contribution in [0.25, 0.3) is 10.2 Å². The number of ether oxygens (including phenoxy) is 1. The topological polar surface area (TPSA) is 80.3 Å². The van der Waals surface area contributed by atoms with Crippen LogP contribution in [0.3, 0.4) is 0 Å². The molecule has 0 unspecified atom stereocenters. The van der Waals surface area contributed by atoms with Gasteiger partial charge >= 0.3 is 6.09 Å². The van der Waals surface area contributed by atoms with E-state index in [1.165, 1.54) is 11.3 Å². The Hall–Kier alpha value is -3.71. The molecule has 7 heteroatoms. The molecule has 0 bridgehead atoms. The van der Waals surface area contributed by atoms with Crippen LogP contribution in [-0.4, -0.2) is 17.0 Å². The van der Waals surface area contributed by atoms with Gasteiger partial charge < -0.3 is 10.1 Å². The fourth-order valence-corrected chi connectivity index (χ4v) is 4.28. The summed E-state index contributed by atoms with van der Waals surface area (Å²) < 4.78 is 6.02. The summed E-state index contributed by atoms with van der Waals surface area (Å²) in [4.78, 5) is 29.3. The maximum Gasteiger partial charge on any atom is 0.418 e. The summed E-state index contributed by atoms with van der Waals surface area (Å²) in [6.07, 6.45) is -0.617. The van der Waals surface area contributed by atoms with E-state index in [4.69, 9.17) is 4.74 Å². The van der Waals surface area contributed by atoms with E-state index in [1.807, 2.05) is 39.0 Å². The SMILES string of the molecule is Cc1cc(C)c(NC(=O)c2ccc3nc(NC(=O)Oc4ccccc4)sc3c2)c(C)c1. The molecule has 0 atom stereocenters. The maximum atomic E-state index is 12.8. The number of thiazole rings is 1. The Labute approximate surface area is 183 Å². The minimum absolute atomic E-state index is 0.191. The molecule has 0 aliphatic rings. The van der Waals surface area contributed by atoms with E-state index < -0.39 is 6.09 Å². The maximum absolute atomic E-state index is 12.8. The lowest BCUT2D eigenvalue weighted by Crippen LogP contribution is -2.16. The Morgan fingerprint density at radius 3 is 2.32 bits per heavy atom. The molecule has 2 amide bonds. The van der Waals surface area contributed by atoms with Crippen molar-refractivity contribution >= 4 is 44.4 Å². The molecule has 0 fully saturated rings. The summed E-state index contributed by atoms with van der Waals surface area (Å²) in [5, 5.41) is 6.04. The standard InChI is InChI=1S/C24H21N3O3S/c1-14-11-15(2)21(16(3)12-14)26-22(28)17-9-10-19-20(13-17)31-23(25-19)27-24(29)30-18-7-5-4-6-8-18/h4-13H,1-3H3,(H,26,28)(H,25,27,29). The number of fused-ring (bicyclic) bond motifs is 1. The van der Waals surface area contributed by atoms with Crippen molar-refractivity contribution in [3.8, 4) is 5.75 Å². The molecule has 0 spiro atoms. The predicted octanol–water partition coefficient (Wildman–Crippen LogP) is 6.08. The van der Waals surface area contributed by atoms with Crippen LogP contribution in [0.5, 0.6) is 5.75 Å². The Bertz CT molecular complexity index is 1260. The summed E-state index contributed by atoms with van der Waals surface area (Å²) in [5.74, 6) is 0.255. The number of rotatable bonds is 4. The van der Waals surface area contributed by atoms with Crippen molar-refractivity contribution in [1.82, 2.24) is 4.98 Å². The van der Waals surface area contributed by atoms with Gasteiger partial charge in [-0.05, 0) is 62.2 Å². The second-order valence-electron chi connectivity index (χ2n) is 7.26. The van der Waals surface area contributed by atoms with Gasteiger partial charge in [0.05, 0.1) is 10.2 Å². The molecule has 1 aromatic heterocycles. The van der Waals surface area contributed by atoms with Crippen LogP contribution < -0.4 is 15.4 Å². The largest absolute Gasteiger partial charge is 0.418 e. The van der Waals surface area contributed by atoms with E-state index in [1.54, 1.807) is 42.5 Å². The second-order valence-corrected chi connectivity index (χ2v) is 8.29. The number of nitrogens with one attached hydrogen (secondary N) is 2. The zero-order valence-corrected chi connectivity index (χ0v) is 18.2. The molecule has 156 valence electrons. The van der Waals surface area contributed by atoms with E-state index in [2.05, 4.69) is 15.6 Å². The average Bonchev–Trinajstić information content (AvgIpc) is 3.12. The third-order valence-electron chi connectivity index (χ3n) is 4.73. The number of hydrogen-bond donors (Lipinski definition) is 2. The predicted molar refractivity (Wildman–Crippen MR) is 124 cm³/mol. The first kappa shape index (κ1) is 20.6. The minimum atomic E-state index is -0.617. The van der Waals surface area contributed by atoms with E-state index in [-0.39, 0.29) is 5.91 Å². The van der Waals surface area contributed by atoms with Crippen LogP contribution in [0.4, 0.5) is 15.6 Å². The molecule has 0 saturated heterocycles.